The molecule has 0 atom stereocenters. The normalized spacial score (nSPS) is 13.6. The van der Waals surface area contributed by atoms with E-state index in [9.17, 15) is 13.6 Å². The van der Waals surface area contributed by atoms with Crippen molar-refractivity contribution in [1.29, 1.82) is 0 Å². The molecule has 0 spiro atoms. The Hall–Kier alpha value is -3.29. The molecule has 1 aliphatic rings. The number of carbonyl (C=O) groups is 1. The minimum Gasteiger partial charge on any atom is -0.487 e. The molecule has 1 amide bonds. The number of rotatable bonds is 4. The van der Waals surface area contributed by atoms with E-state index in [0.29, 0.717) is 36.0 Å². The quantitative estimate of drug-likeness (QED) is 0.721. The molecule has 0 bridgehead atoms. The number of pyridine rings is 1. The maximum atomic E-state index is 13.2. The van der Waals surface area contributed by atoms with Gasteiger partial charge in [-0.3, -0.25) is 14.4 Å². The van der Waals surface area contributed by atoms with Gasteiger partial charge >= 0.3 is 0 Å². The molecular weight excluding hydrogens is 342 g/mol. The lowest BCUT2D eigenvalue weighted by Gasteiger charge is -2.26. The first-order valence-corrected chi connectivity index (χ1v) is 7.99. The molecule has 0 aliphatic carbocycles. The van der Waals surface area contributed by atoms with Crippen LogP contribution in [0, 0.1) is 11.6 Å². The summed E-state index contributed by atoms with van der Waals surface area (Å²) in [5.41, 5.74) is 0.965. The third kappa shape index (κ3) is 3.13. The molecule has 4 rings (SSSR count). The van der Waals surface area contributed by atoms with Gasteiger partial charge in [-0.2, -0.15) is 5.10 Å². The van der Waals surface area contributed by atoms with E-state index in [-0.39, 0.29) is 18.3 Å². The number of hydrogen-bond acceptors (Lipinski definition) is 4. The first-order chi connectivity index (χ1) is 12.6. The van der Waals surface area contributed by atoms with Crippen LogP contribution < -0.4 is 9.64 Å². The molecule has 3 aromatic rings. The van der Waals surface area contributed by atoms with Crippen LogP contribution in [0.5, 0.6) is 5.75 Å². The van der Waals surface area contributed by atoms with E-state index < -0.39 is 5.82 Å². The monoisotopic (exact) mass is 356 g/mol. The lowest BCUT2D eigenvalue weighted by Crippen LogP contribution is -2.40. The highest BCUT2D eigenvalue weighted by Crippen LogP contribution is 2.21. The van der Waals surface area contributed by atoms with Crippen LogP contribution in [0.3, 0.4) is 0 Å². The van der Waals surface area contributed by atoms with Crippen molar-refractivity contribution in [3.8, 4) is 5.75 Å². The van der Waals surface area contributed by atoms with Gasteiger partial charge in [0.1, 0.15) is 41.2 Å². The van der Waals surface area contributed by atoms with Crippen LogP contribution in [-0.2, 0) is 13.2 Å². The van der Waals surface area contributed by atoms with Gasteiger partial charge in [-0.1, -0.05) is 6.07 Å². The largest absolute Gasteiger partial charge is 0.487 e. The summed E-state index contributed by atoms with van der Waals surface area (Å²) in [7, 11) is 0. The molecule has 26 heavy (non-hydrogen) atoms. The third-order valence-electron chi connectivity index (χ3n) is 4.00. The van der Waals surface area contributed by atoms with Gasteiger partial charge in [-0.25, -0.2) is 13.8 Å². The average Bonchev–Trinajstić information content (AvgIpc) is 3.06. The minimum atomic E-state index is -0.458. The Balaban J connectivity index is 1.51. The van der Waals surface area contributed by atoms with E-state index in [0.717, 1.165) is 6.20 Å². The van der Waals surface area contributed by atoms with Crippen LogP contribution in [-0.4, -0.2) is 27.2 Å². The first kappa shape index (κ1) is 16.2. The molecule has 0 saturated heterocycles. The molecule has 6 nitrogen and oxygen atoms in total. The summed E-state index contributed by atoms with van der Waals surface area (Å²) in [6.07, 6.45) is 1.08. The van der Waals surface area contributed by atoms with Crippen molar-refractivity contribution in [2.45, 2.75) is 13.2 Å². The molecule has 0 N–H and O–H groups in total. The Morgan fingerprint density at radius 3 is 2.73 bits per heavy atom. The van der Waals surface area contributed by atoms with Crippen LogP contribution in [0.4, 0.5) is 14.6 Å². The Morgan fingerprint density at radius 1 is 1.08 bits per heavy atom. The Labute approximate surface area is 147 Å². The van der Waals surface area contributed by atoms with E-state index in [1.165, 1.54) is 29.2 Å². The van der Waals surface area contributed by atoms with E-state index in [4.69, 9.17) is 4.74 Å². The van der Waals surface area contributed by atoms with Crippen molar-refractivity contribution in [3.63, 3.8) is 0 Å². The number of hydrogen-bond donors (Lipinski definition) is 0. The maximum absolute atomic E-state index is 13.2. The lowest BCUT2D eigenvalue weighted by atomic mass is 10.2. The summed E-state index contributed by atoms with van der Waals surface area (Å²) in [5.74, 6) is -0.329. The van der Waals surface area contributed by atoms with E-state index in [2.05, 4.69) is 10.1 Å². The van der Waals surface area contributed by atoms with Gasteiger partial charge in [0.2, 0.25) is 0 Å². The highest BCUT2D eigenvalue weighted by molar-refractivity contribution is 6.05. The van der Waals surface area contributed by atoms with Crippen LogP contribution >= 0.6 is 0 Å². The number of ether oxygens (including phenoxy) is 1. The molecule has 1 aromatic carbocycles. The number of halogens is 2. The molecule has 3 heterocycles. The van der Waals surface area contributed by atoms with Gasteiger partial charge < -0.3 is 4.74 Å². The van der Waals surface area contributed by atoms with Crippen LogP contribution in [0.2, 0.25) is 0 Å². The van der Waals surface area contributed by atoms with Crippen molar-refractivity contribution in [2.75, 3.05) is 11.4 Å². The SMILES string of the molecule is O=C1c2cc(COc3cccc(F)c3)nn2CCN1c1ccc(F)cn1. The average molecular weight is 356 g/mol. The fraction of sp³-hybridized carbons (Fsp3) is 0.167. The molecule has 2 aromatic heterocycles. The zero-order valence-electron chi connectivity index (χ0n) is 13.6. The van der Waals surface area contributed by atoms with Crippen molar-refractivity contribution in [3.05, 3.63) is 71.7 Å². The van der Waals surface area contributed by atoms with Gasteiger partial charge in [-0.15, -0.1) is 0 Å². The van der Waals surface area contributed by atoms with Gasteiger partial charge in [0.15, 0.2) is 0 Å². The predicted molar refractivity (Wildman–Crippen MR) is 88.8 cm³/mol. The number of anilines is 1. The van der Waals surface area contributed by atoms with Gasteiger partial charge in [0.05, 0.1) is 12.7 Å². The molecule has 0 radical (unpaired) electrons. The molecule has 0 unspecified atom stereocenters. The summed E-state index contributed by atoms with van der Waals surface area (Å²) in [6.45, 7) is 0.988. The smallest absolute Gasteiger partial charge is 0.277 e. The molecular formula is C18H14F2N4O2. The number of aromatic nitrogens is 3. The first-order valence-electron chi connectivity index (χ1n) is 7.99. The molecule has 132 valence electrons. The van der Waals surface area contributed by atoms with Crippen molar-refractivity contribution < 1.29 is 18.3 Å². The molecule has 1 aliphatic heterocycles. The predicted octanol–water partition coefficient (Wildman–Crippen LogP) is 2.80. The molecule has 8 heteroatoms. The Bertz CT molecular complexity index is 956. The summed E-state index contributed by atoms with van der Waals surface area (Å²) >= 11 is 0. The lowest BCUT2D eigenvalue weighted by molar-refractivity contribution is 0.0961. The van der Waals surface area contributed by atoms with Gasteiger partial charge in [0, 0.05) is 12.6 Å². The molecule has 0 fully saturated rings. The van der Waals surface area contributed by atoms with Crippen LogP contribution in [0.1, 0.15) is 16.2 Å². The van der Waals surface area contributed by atoms with Crippen molar-refractivity contribution in [2.24, 2.45) is 0 Å². The Morgan fingerprint density at radius 2 is 1.96 bits per heavy atom. The maximum Gasteiger partial charge on any atom is 0.277 e. The summed E-state index contributed by atoms with van der Waals surface area (Å²) in [4.78, 5) is 18.1. The summed E-state index contributed by atoms with van der Waals surface area (Å²) < 4.78 is 33.3. The second kappa shape index (κ2) is 6.55. The highest BCUT2D eigenvalue weighted by atomic mass is 19.1. The second-order valence-corrected chi connectivity index (χ2v) is 5.78. The van der Waals surface area contributed by atoms with Crippen LogP contribution in [0.15, 0.2) is 48.7 Å². The third-order valence-corrected chi connectivity index (χ3v) is 4.00. The van der Waals surface area contributed by atoms with E-state index in [1.54, 1.807) is 22.9 Å². The van der Waals surface area contributed by atoms with Crippen molar-refractivity contribution >= 4 is 11.7 Å². The van der Waals surface area contributed by atoms with Gasteiger partial charge in [0.25, 0.3) is 5.91 Å². The zero-order chi connectivity index (χ0) is 18.1. The minimum absolute atomic E-state index is 0.117. The fourth-order valence-electron chi connectivity index (χ4n) is 2.78. The second-order valence-electron chi connectivity index (χ2n) is 5.78. The Kier molecular flexibility index (Phi) is 4.08. The zero-order valence-corrected chi connectivity index (χ0v) is 13.6. The van der Waals surface area contributed by atoms with Crippen molar-refractivity contribution in [1.82, 2.24) is 14.8 Å². The fourth-order valence-corrected chi connectivity index (χ4v) is 2.78. The number of carbonyl (C=O) groups excluding carboxylic acids is 1. The summed E-state index contributed by atoms with van der Waals surface area (Å²) in [6, 6.07) is 10.2. The molecule has 0 saturated carbocycles. The van der Waals surface area contributed by atoms with E-state index in [1.807, 2.05) is 0 Å². The standard InChI is InChI=1S/C18H14F2N4O2/c19-12-2-1-3-15(8-12)26-11-14-9-16-18(25)23(6-7-24(16)22-14)17-5-4-13(20)10-21-17/h1-5,8-10H,6-7,11H2. The van der Waals surface area contributed by atoms with E-state index >= 15 is 0 Å². The highest BCUT2D eigenvalue weighted by Gasteiger charge is 2.28. The summed E-state index contributed by atoms with van der Waals surface area (Å²) in [5, 5.41) is 4.35. The van der Waals surface area contributed by atoms with Gasteiger partial charge in [-0.05, 0) is 30.3 Å². The number of amides is 1. The topological polar surface area (TPSA) is 60.2 Å². The van der Waals surface area contributed by atoms with Crippen LogP contribution in [0.25, 0.3) is 0 Å². The number of nitrogens with zero attached hydrogens (tertiary/aromatic N) is 4. The number of fused-ring (bicyclic) bond motifs is 1. The number of benzene rings is 1.